The van der Waals surface area contributed by atoms with Gasteiger partial charge >= 0.3 is 0 Å². The first-order valence-electron chi connectivity index (χ1n) is 13.0. The van der Waals surface area contributed by atoms with Gasteiger partial charge in [-0.05, 0) is 64.2 Å². The van der Waals surface area contributed by atoms with Crippen LogP contribution in [0.25, 0.3) is 21.8 Å². The molecule has 2 aromatic heterocycles. The largest absolute Gasteiger partial charge is 0.381 e. The molecular formula is C27H37N5O4. The number of hydrogen-bond acceptors (Lipinski definition) is 6. The number of nitrogens with one attached hydrogen (secondary N) is 2. The quantitative estimate of drug-likeness (QED) is 0.545. The van der Waals surface area contributed by atoms with E-state index < -0.39 is 0 Å². The van der Waals surface area contributed by atoms with Gasteiger partial charge in [-0.1, -0.05) is 0 Å². The number of carbonyl (C=O) groups excluding carboxylic acids is 1. The number of aromatic nitrogens is 3. The Morgan fingerprint density at radius 2 is 1.92 bits per heavy atom. The molecule has 0 unspecified atom stereocenters. The number of rotatable bonds is 6. The summed E-state index contributed by atoms with van der Waals surface area (Å²) in [5.41, 5.74) is 2.62. The number of hydrogen-bond donors (Lipinski definition) is 2. The monoisotopic (exact) mass is 495 g/mol. The summed E-state index contributed by atoms with van der Waals surface area (Å²) < 4.78 is 13.0. The maximum absolute atomic E-state index is 13.4. The highest BCUT2D eigenvalue weighted by Crippen LogP contribution is 2.30. The lowest BCUT2D eigenvalue weighted by molar-refractivity contribution is 0.00676. The number of carbonyl (C=O) groups is 1. The number of amides is 1. The minimum absolute atomic E-state index is 0.106. The Bertz CT molecular complexity index is 1310. The van der Waals surface area contributed by atoms with Crippen molar-refractivity contribution in [1.29, 1.82) is 0 Å². The van der Waals surface area contributed by atoms with Crippen LogP contribution in [0.15, 0.2) is 23.1 Å². The second-order valence-corrected chi connectivity index (χ2v) is 10.8. The first-order valence-corrected chi connectivity index (χ1v) is 13.0. The van der Waals surface area contributed by atoms with E-state index in [1.165, 1.54) is 0 Å². The van der Waals surface area contributed by atoms with Crippen LogP contribution in [0.2, 0.25) is 0 Å². The summed E-state index contributed by atoms with van der Waals surface area (Å²) in [5, 5.41) is 9.14. The van der Waals surface area contributed by atoms with Crippen LogP contribution in [0, 0.1) is 6.92 Å². The number of H-pyrrole nitrogens is 1. The number of benzene rings is 1. The Labute approximate surface area is 211 Å². The van der Waals surface area contributed by atoms with Gasteiger partial charge in [0.2, 0.25) is 0 Å². The molecule has 0 aliphatic carbocycles. The highest BCUT2D eigenvalue weighted by Gasteiger charge is 2.31. The van der Waals surface area contributed by atoms with Crippen molar-refractivity contribution in [2.45, 2.75) is 64.1 Å². The topological polar surface area (TPSA) is 101 Å². The predicted octanol–water partition coefficient (Wildman–Crippen LogP) is 3.16. The highest BCUT2D eigenvalue weighted by atomic mass is 16.5. The Balaban J connectivity index is 1.43. The molecule has 194 valence electrons. The number of ether oxygens (including phenoxy) is 2. The maximum atomic E-state index is 13.4. The van der Waals surface area contributed by atoms with E-state index in [0.29, 0.717) is 36.8 Å². The van der Waals surface area contributed by atoms with Crippen molar-refractivity contribution in [3.63, 3.8) is 0 Å². The molecule has 2 aliphatic rings. The van der Waals surface area contributed by atoms with E-state index >= 15 is 0 Å². The standard InChI is InChI=1S/C27H37N5O4/c1-17-13-23-21(24-22(26(34)30-23)15-29-32(24)18-7-11-36-12-8-18)14-20(17)25(33)28-16-27(2,3)31-9-5-19(35-4)6-10-31/h13-15,18-19H,5-12,16H2,1-4H3,(H,28,33)(H,30,34). The summed E-state index contributed by atoms with van der Waals surface area (Å²) in [7, 11) is 1.78. The van der Waals surface area contributed by atoms with Crippen LogP contribution < -0.4 is 10.9 Å². The normalized spacial score (nSPS) is 18.8. The minimum Gasteiger partial charge on any atom is -0.381 e. The van der Waals surface area contributed by atoms with E-state index in [9.17, 15) is 9.59 Å². The first-order chi connectivity index (χ1) is 17.3. The summed E-state index contributed by atoms with van der Waals surface area (Å²) >= 11 is 0. The smallest absolute Gasteiger partial charge is 0.259 e. The maximum Gasteiger partial charge on any atom is 0.259 e. The average molecular weight is 496 g/mol. The van der Waals surface area contributed by atoms with Gasteiger partial charge in [0.05, 0.1) is 34.8 Å². The fourth-order valence-electron chi connectivity index (χ4n) is 5.65. The predicted molar refractivity (Wildman–Crippen MR) is 140 cm³/mol. The van der Waals surface area contributed by atoms with Gasteiger partial charge in [-0.25, -0.2) is 0 Å². The summed E-state index contributed by atoms with van der Waals surface area (Å²) in [5.74, 6) is -0.106. The van der Waals surface area contributed by atoms with Crippen LogP contribution >= 0.6 is 0 Å². The molecule has 1 amide bonds. The molecule has 1 aromatic carbocycles. The van der Waals surface area contributed by atoms with Crippen molar-refractivity contribution >= 4 is 27.7 Å². The molecule has 2 N–H and O–H groups in total. The lowest BCUT2D eigenvalue weighted by Gasteiger charge is -2.42. The van der Waals surface area contributed by atoms with Crippen molar-refractivity contribution in [2.24, 2.45) is 0 Å². The molecule has 36 heavy (non-hydrogen) atoms. The van der Waals surface area contributed by atoms with Crippen molar-refractivity contribution in [3.05, 3.63) is 39.8 Å². The number of methoxy groups -OCH3 is 1. The lowest BCUT2D eigenvalue weighted by atomic mass is 9.97. The van der Waals surface area contributed by atoms with Crippen molar-refractivity contribution in [3.8, 4) is 0 Å². The Morgan fingerprint density at radius 1 is 1.19 bits per heavy atom. The third kappa shape index (κ3) is 4.67. The van der Waals surface area contributed by atoms with E-state index in [4.69, 9.17) is 9.47 Å². The van der Waals surface area contributed by atoms with Gasteiger partial charge in [-0.15, -0.1) is 0 Å². The number of pyridine rings is 1. The van der Waals surface area contributed by atoms with Crippen molar-refractivity contribution < 1.29 is 14.3 Å². The Morgan fingerprint density at radius 3 is 2.61 bits per heavy atom. The second-order valence-electron chi connectivity index (χ2n) is 10.8. The molecular weight excluding hydrogens is 458 g/mol. The van der Waals surface area contributed by atoms with Gasteiger partial charge in [-0.3, -0.25) is 19.2 Å². The number of aryl methyl sites for hydroxylation is 1. The number of likely N-dealkylation sites (tertiary alicyclic amines) is 1. The third-order valence-corrected chi connectivity index (χ3v) is 8.00. The molecule has 0 radical (unpaired) electrons. The van der Waals surface area contributed by atoms with Gasteiger partial charge in [0.15, 0.2) is 0 Å². The number of aromatic amines is 1. The fraction of sp³-hybridized carbons (Fsp3) is 0.593. The molecule has 5 rings (SSSR count). The van der Waals surface area contributed by atoms with E-state index in [1.54, 1.807) is 13.3 Å². The van der Waals surface area contributed by atoms with E-state index in [2.05, 4.69) is 34.1 Å². The number of piperidine rings is 1. The van der Waals surface area contributed by atoms with Gasteiger partial charge < -0.3 is 19.8 Å². The van der Waals surface area contributed by atoms with E-state index in [0.717, 1.165) is 60.8 Å². The van der Waals surface area contributed by atoms with Gasteiger partial charge in [0.25, 0.3) is 11.5 Å². The molecule has 4 heterocycles. The average Bonchev–Trinajstić information content (AvgIpc) is 3.34. The zero-order chi connectivity index (χ0) is 25.4. The Kier molecular flexibility index (Phi) is 6.89. The highest BCUT2D eigenvalue weighted by molar-refractivity contribution is 6.07. The van der Waals surface area contributed by atoms with Gasteiger partial charge in [0, 0.05) is 56.4 Å². The third-order valence-electron chi connectivity index (χ3n) is 8.00. The molecule has 3 aromatic rings. The lowest BCUT2D eigenvalue weighted by Crippen LogP contribution is -2.54. The van der Waals surface area contributed by atoms with Crippen LogP contribution in [0.5, 0.6) is 0 Å². The molecule has 2 saturated heterocycles. The van der Waals surface area contributed by atoms with Gasteiger partial charge in [-0.2, -0.15) is 5.10 Å². The van der Waals surface area contributed by atoms with Crippen molar-refractivity contribution in [1.82, 2.24) is 25.0 Å². The van der Waals surface area contributed by atoms with Crippen LogP contribution in [0.4, 0.5) is 0 Å². The number of nitrogens with zero attached hydrogens (tertiary/aromatic N) is 3. The SMILES string of the molecule is COC1CCN(C(C)(C)CNC(=O)c2cc3c(cc2C)[nH]c(=O)c2cnn(C4CCOCC4)c23)CC1. The summed E-state index contributed by atoms with van der Waals surface area (Å²) in [6, 6.07) is 3.97. The molecule has 0 saturated carbocycles. The number of fused-ring (bicyclic) bond motifs is 3. The zero-order valence-electron chi connectivity index (χ0n) is 21.7. The fourth-order valence-corrected chi connectivity index (χ4v) is 5.65. The zero-order valence-corrected chi connectivity index (χ0v) is 21.7. The van der Waals surface area contributed by atoms with Crippen LogP contribution in [0.1, 0.15) is 61.5 Å². The van der Waals surface area contributed by atoms with E-state index in [1.807, 2.05) is 23.7 Å². The molecule has 9 heteroatoms. The summed E-state index contributed by atoms with van der Waals surface area (Å²) in [6.07, 6.45) is 5.67. The molecule has 2 aliphatic heterocycles. The minimum atomic E-state index is -0.167. The van der Waals surface area contributed by atoms with E-state index in [-0.39, 0.29) is 23.0 Å². The molecule has 2 fully saturated rings. The van der Waals surface area contributed by atoms with Crippen LogP contribution in [0.3, 0.4) is 0 Å². The summed E-state index contributed by atoms with van der Waals surface area (Å²) in [4.78, 5) is 31.6. The van der Waals surface area contributed by atoms with Crippen molar-refractivity contribution in [2.75, 3.05) is 40.0 Å². The molecule has 0 bridgehead atoms. The molecule has 0 atom stereocenters. The summed E-state index contributed by atoms with van der Waals surface area (Å²) in [6.45, 7) is 10.1. The Hall–Kier alpha value is -2.75. The molecule has 0 spiro atoms. The van der Waals surface area contributed by atoms with Gasteiger partial charge in [0.1, 0.15) is 0 Å². The van der Waals surface area contributed by atoms with Crippen LogP contribution in [-0.2, 0) is 9.47 Å². The molecule has 9 nitrogen and oxygen atoms in total. The second kappa shape index (κ2) is 9.95. The van der Waals surface area contributed by atoms with Crippen LogP contribution in [-0.4, -0.2) is 77.2 Å². The first kappa shape index (κ1) is 24.9.